The first-order valence-corrected chi connectivity index (χ1v) is 4.49. The van der Waals surface area contributed by atoms with Gasteiger partial charge in [-0.25, -0.2) is 0 Å². The van der Waals surface area contributed by atoms with E-state index in [1.165, 1.54) is 0 Å². The van der Waals surface area contributed by atoms with Crippen LogP contribution in [0.5, 0.6) is 0 Å². The number of rotatable bonds is 7. The van der Waals surface area contributed by atoms with Gasteiger partial charge in [0.1, 0.15) is 19.6 Å². The maximum absolute atomic E-state index is 9.49. The van der Waals surface area contributed by atoms with Gasteiger partial charge in [-0.2, -0.15) is 0 Å². The molecule has 0 fully saturated rings. The zero-order chi connectivity index (χ0) is 10.3. The third-order valence-electron chi connectivity index (χ3n) is 2.43. The maximum Gasteiger partial charge on any atom is 0.187 e. The van der Waals surface area contributed by atoms with Crippen LogP contribution in [-0.2, 0) is 0 Å². The summed E-state index contributed by atoms with van der Waals surface area (Å²) in [6, 6.07) is 0. The van der Waals surface area contributed by atoms with Crippen LogP contribution in [0.25, 0.3) is 0 Å². The minimum atomic E-state index is -0.688. The van der Waals surface area contributed by atoms with Gasteiger partial charge in [-0.3, -0.25) is 4.48 Å². The molecule has 0 rings (SSSR count). The molecular weight excluding hydrogens is 174 g/mol. The van der Waals surface area contributed by atoms with Crippen LogP contribution in [0.4, 0.5) is 0 Å². The van der Waals surface area contributed by atoms with Crippen LogP contribution >= 0.6 is 0 Å². The Morgan fingerprint density at radius 3 is 1.38 bits per heavy atom. The summed E-state index contributed by atoms with van der Waals surface area (Å²) < 4.78 is 0.142. The molecule has 0 amide bonds. The summed E-state index contributed by atoms with van der Waals surface area (Å²) in [5.41, 5.74) is 0. The summed E-state index contributed by atoms with van der Waals surface area (Å²) in [5.74, 6) is 0. The van der Waals surface area contributed by atoms with Gasteiger partial charge in [0.2, 0.25) is 0 Å². The Kier molecular flexibility index (Phi) is 6.19. The van der Waals surface area contributed by atoms with E-state index >= 15 is 0 Å². The second-order valence-corrected chi connectivity index (χ2v) is 3.19. The number of aliphatic hydroxyl groups is 4. The molecule has 0 spiro atoms. The Bertz CT molecular complexity index is 112. The summed E-state index contributed by atoms with van der Waals surface area (Å²) in [5, 5.41) is 35.9. The van der Waals surface area contributed by atoms with Crippen LogP contribution in [0.15, 0.2) is 0 Å². The standard InChI is InChI=1S/C8H20NO4/c1-8(13)9(2-5-10,3-6-11)4-7-12/h8,10-13H,2-7H2,1H3/q+1. The van der Waals surface area contributed by atoms with E-state index in [0.717, 1.165) is 0 Å². The van der Waals surface area contributed by atoms with Crippen LogP contribution in [0.1, 0.15) is 6.92 Å². The molecule has 0 aromatic heterocycles. The molecule has 0 heterocycles. The Hall–Kier alpha value is -0.200. The number of quaternary nitrogens is 1. The summed E-state index contributed by atoms with van der Waals surface area (Å²) >= 11 is 0. The smallest absolute Gasteiger partial charge is 0.187 e. The van der Waals surface area contributed by atoms with E-state index in [-0.39, 0.29) is 24.3 Å². The average Bonchev–Trinajstić information content (AvgIpc) is 2.05. The highest BCUT2D eigenvalue weighted by Crippen LogP contribution is 2.10. The number of aliphatic hydroxyl groups excluding tert-OH is 4. The molecule has 80 valence electrons. The fourth-order valence-electron chi connectivity index (χ4n) is 1.49. The molecule has 0 radical (unpaired) electrons. The van der Waals surface area contributed by atoms with Crippen molar-refractivity contribution in [2.75, 3.05) is 39.5 Å². The number of hydrogen-bond donors (Lipinski definition) is 4. The van der Waals surface area contributed by atoms with Gasteiger partial charge in [-0.15, -0.1) is 0 Å². The lowest BCUT2D eigenvalue weighted by Gasteiger charge is -2.39. The second kappa shape index (κ2) is 6.28. The SMILES string of the molecule is CC(O)[N+](CCO)(CCO)CCO. The zero-order valence-electron chi connectivity index (χ0n) is 8.06. The van der Waals surface area contributed by atoms with E-state index in [0.29, 0.717) is 19.6 Å². The van der Waals surface area contributed by atoms with Gasteiger partial charge in [0.05, 0.1) is 19.8 Å². The van der Waals surface area contributed by atoms with Gasteiger partial charge >= 0.3 is 0 Å². The molecule has 1 unspecified atom stereocenters. The van der Waals surface area contributed by atoms with E-state index in [9.17, 15) is 5.11 Å². The summed E-state index contributed by atoms with van der Waals surface area (Å²) in [6.45, 7) is 2.44. The lowest BCUT2D eigenvalue weighted by atomic mass is 10.3. The minimum absolute atomic E-state index is 0.0646. The van der Waals surface area contributed by atoms with Crippen LogP contribution in [0.3, 0.4) is 0 Å². The highest BCUT2D eigenvalue weighted by Gasteiger charge is 2.30. The van der Waals surface area contributed by atoms with Crippen molar-refractivity contribution in [2.24, 2.45) is 0 Å². The predicted octanol–water partition coefficient (Wildman–Crippen LogP) is -1.88. The van der Waals surface area contributed by atoms with Gasteiger partial charge < -0.3 is 20.4 Å². The lowest BCUT2D eigenvalue weighted by molar-refractivity contribution is -0.969. The Labute approximate surface area is 78.4 Å². The van der Waals surface area contributed by atoms with Crippen LogP contribution in [0, 0.1) is 0 Å². The Balaban J connectivity index is 4.38. The van der Waals surface area contributed by atoms with Crippen molar-refractivity contribution in [3.63, 3.8) is 0 Å². The summed E-state index contributed by atoms with van der Waals surface area (Å²) in [6.07, 6.45) is -0.688. The van der Waals surface area contributed by atoms with E-state index in [1.807, 2.05) is 0 Å². The first-order valence-electron chi connectivity index (χ1n) is 4.49. The van der Waals surface area contributed by atoms with E-state index in [2.05, 4.69) is 0 Å². The van der Waals surface area contributed by atoms with Gasteiger partial charge in [-0.1, -0.05) is 0 Å². The summed E-state index contributed by atoms with van der Waals surface area (Å²) in [7, 11) is 0. The van der Waals surface area contributed by atoms with Crippen molar-refractivity contribution >= 4 is 0 Å². The van der Waals surface area contributed by atoms with E-state index < -0.39 is 6.23 Å². The monoisotopic (exact) mass is 194 g/mol. The van der Waals surface area contributed by atoms with E-state index in [1.54, 1.807) is 6.92 Å². The van der Waals surface area contributed by atoms with Gasteiger partial charge in [0.25, 0.3) is 0 Å². The van der Waals surface area contributed by atoms with Crippen molar-refractivity contribution < 1.29 is 24.9 Å². The molecule has 0 aromatic rings. The molecule has 4 N–H and O–H groups in total. The molecule has 1 atom stereocenters. The van der Waals surface area contributed by atoms with Crippen molar-refractivity contribution in [1.82, 2.24) is 0 Å². The van der Waals surface area contributed by atoms with Crippen molar-refractivity contribution in [2.45, 2.75) is 13.2 Å². The first kappa shape index (κ1) is 12.8. The molecule has 0 aliphatic heterocycles. The molecule has 0 aliphatic carbocycles. The second-order valence-electron chi connectivity index (χ2n) is 3.19. The van der Waals surface area contributed by atoms with Crippen LogP contribution in [-0.4, -0.2) is 70.6 Å². The van der Waals surface area contributed by atoms with Gasteiger partial charge in [0, 0.05) is 6.92 Å². The molecule has 5 heteroatoms. The molecule has 0 saturated carbocycles. The Morgan fingerprint density at radius 1 is 0.923 bits per heavy atom. The molecule has 5 nitrogen and oxygen atoms in total. The zero-order valence-corrected chi connectivity index (χ0v) is 8.06. The van der Waals surface area contributed by atoms with Gasteiger partial charge in [-0.05, 0) is 0 Å². The lowest BCUT2D eigenvalue weighted by Crippen LogP contribution is -2.58. The minimum Gasteiger partial charge on any atom is -0.391 e. The van der Waals surface area contributed by atoms with Crippen molar-refractivity contribution in [1.29, 1.82) is 0 Å². The average molecular weight is 194 g/mol. The van der Waals surface area contributed by atoms with E-state index in [4.69, 9.17) is 15.3 Å². The van der Waals surface area contributed by atoms with Crippen LogP contribution in [0.2, 0.25) is 0 Å². The molecule has 0 saturated heterocycles. The molecule has 13 heavy (non-hydrogen) atoms. The number of hydrogen-bond acceptors (Lipinski definition) is 4. The molecule has 0 bridgehead atoms. The quantitative estimate of drug-likeness (QED) is 0.282. The maximum atomic E-state index is 9.49. The molecular formula is C8H20NO4+. The highest BCUT2D eigenvalue weighted by atomic mass is 16.3. The first-order chi connectivity index (χ1) is 6.13. The molecule has 0 aromatic carbocycles. The fraction of sp³-hybridized carbons (Fsp3) is 1.00. The molecule has 0 aliphatic rings. The van der Waals surface area contributed by atoms with Crippen molar-refractivity contribution in [3.05, 3.63) is 0 Å². The largest absolute Gasteiger partial charge is 0.391 e. The predicted molar refractivity (Wildman–Crippen MR) is 47.8 cm³/mol. The van der Waals surface area contributed by atoms with Crippen LogP contribution < -0.4 is 0 Å². The normalized spacial score (nSPS) is 14.5. The summed E-state index contributed by atoms with van der Waals surface area (Å²) in [4.78, 5) is 0. The highest BCUT2D eigenvalue weighted by molar-refractivity contribution is 4.44. The Morgan fingerprint density at radius 2 is 1.23 bits per heavy atom. The van der Waals surface area contributed by atoms with Crippen molar-refractivity contribution in [3.8, 4) is 0 Å². The number of nitrogens with zero attached hydrogens (tertiary/aromatic N) is 1. The third kappa shape index (κ3) is 3.58. The third-order valence-corrected chi connectivity index (χ3v) is 2.43. The van der Waals surface area contributed by atoms with Gasteiger partial charge in [0.15, 0.2) is 6.23 Å². The topological polar surface area (TPSA) is 80.9 Å². The fourth-order valence-corrected chi connectivity index (χ4v) is 1.49.